The minimum Gasteiger partial charge on any atom is -0.278 e. The Bertz CT molecular complexity index is 732. The van der Waals surface area contributed by atoms with E-state index in [0.717, 1.165) is 5.56 Å². The minimum absolute atomic E-state index is 0.385. The molecule has 0 heterocycles. The molecule has 116 valence electrons. The Morgan fingerprint density at radius 3 is 2.05 bits per heavy atom. The van der Waals surface area contributed by atoms with Crippen LogP contribution in [0.1, 0.15) is 11.1 Å². The van der Waals surface area contributed by atoms with Gasteiger partial charge in [0, 0.05) is 5.02 Å². The molecular weight excluding hydrogens is 327 g/mol. The molecular formula is C14H8ClF5N2. The van der Waals surface area contributed by atoms with E-state index in [4.69, 9.17) is 11.6 Å². The summed E-state index contributed by atoms with van der Waals surface area (Å²) in [5.74, 6) is -10.2. The molecule has 2 aromatic carbocycles. The molecule has 0 saturated carbocycles. The minimum atomic E-state index is -2.22. The van der Waals surface area contributed by atoms with Crippen LogP contribution < -0.4 is 5.43 Å². The van der Waals surface area contributed by atoms with Gasteiger partial charge in [-0.05, 0) is 24.6 Å². The van der Waals surface area contributed by atoms with Crippen LogP contribution in [0.4, 0.5) is 27.6 Å². The Labute approximate surface area is 127 Å². The van der Waals surface area contributed by atoms with Crippen molar-refractivity contribution in [3.05, 3.63) is 63.4 Å². The Kier molecular flexibility index (Phi) is 4.65. The van der Waals surface area contributed by atoms with E-state index in [1.807, 2.05) is 0 Å². The van der Waals surface area contributed by atoms with E-state index in [0.29, 0.717) is 16.9 Å². The molecule has 0 aliphatic rings. The first-order valence-corrected chi connectivity index (χ1v) is 6.27. The summed E-state index contributed by atoms with van der Waals surface area (Å²) in [5, 5.41) is 3.87. The normalized spacial score (nSPS) is 11.2. The third-order valence-electron chi connectivity index (χ3n) is 2.80. The Morgan fingerprint density at radius 1 is 0.955 bits per heavy atom. The molecule has 0 radical (unpaired) electrons. The SMILES string of the molecule is Cc1ccc(N/N=C\c2c(F)c(F)c(F)c(F)c2F)cc1Cl. The van der Waals surface area contributed by atoms with Crippen LogP contribution in [0.2, 0.25) is 5.02 Å². The van der Waals surface area contributed by atoms with E-state index in [1.165, 1.54) is 6.07 Å². The van der Waals surface area contributed by atoms with Crippen molar-refractivity contribution in [3.63, 3.8) is 0 Å². The van der Waals surface area contributed by atoms with Gasteiger partial charge in [-0.2, -0.15) is 5.10 Å². The molecule has 0 atom stereocenters. The molecule has 0 unspecified atom stereocenters. The largest absolute Gasteiger partial charge is 0.278 e. The van der Waals surface area contributed by atoms with Crippen molar-refractivity contribution in [2.24, 2.45) is 5.10 Å². The number of nitrogens with zero attached hydrogens (tertiary/aromatic N) is 1. The molecule has 22 heavy (non-hydrogen) atoms. The highest BCUT2D eigenvalue weighted by atomic mass is 35.5. The average molecular weight is 335 g/mol. The predicted molar refractivity (Wildman–Crippen MR) is 73.6 cm³/mol. The fourth-order valence-electron chi connectivity index (χ4n) is 1.57. The van der Waals surface area contributed by atoms with Gasteiger partial charge in [0.25, 0.3) is 0 Å². The summed E-state index contributed by atoms with van der Waals surface area (Å²) in [7, 11) is 0. The summed E-state index contributed by atoms with van der Waals surface area (Å²) in [5.41, 5.74) is 2.43. The molecule has 8 heteroatoms. The van der Waals surface area contributed by atoms with Crippen molar-refractivity contribution >= 4 is 23.5 Å². The van der Waals surface area contributed by atoms with Crippen LogP contribution >= 0.6 is 11.6 Å². The topological polar surface area (TPSA) is 24.4 Å². The Balaban J connectivity index is 2.29. The van der Waals surface area contributed by atoms with E-state index in [2.05, 4.69) is 10.5 Å². The van der Waals surface area contributed by atoms with Crippen LogP contribution in [-0.2, 0) is 0 Å². The van der Waals surface area contributed by atoms with Crippen molar-refractivity contribution in [3.8, 4) is 0 Å². The number of hydrazone groups is 1. The first kappa shape index (κ1) is 16.2. The van der Waals surface area contributed by atoms with Crippen molar-refractivity contribution < 1.29 is 22.0 Å². The summed E-state index contributed by atoms with van der Waals surface area (Å²) in [6.45, 7) is 1.77. The Hall–Kier alpha value is -2.15. The van der Waals surface area contributed by atoms with Crippen molar-refractivity contribution in [1.29, 1.82) is 0 Å². The zero-order valence-electron chi connectivity index (χ0n) is 11.0. The van der Waals surface area contributed by atoms with E-state index in [-0.39, 0.29) is 0 Å². The maximum absolute atomic E-state index is 13.4. The molecule has 1 N–H and O–H groups in total. The van der Waals surface area contributed by atoms with Gasteiger partial charge < -0.3 is 0 Å². The molecule has 0 spiro atoms. The van der Waals surface area contributed by atoms with Gasteiger partial charge >= 0.3 is 0 Å². The number of nitrogens with one attached hydrogen (secondary N) is 1. The second kappa shape index (κ2) is 6.31. The standard InChI is InChI=1S/C14H8ClF5N2/c1-6-2-3-7(4-9(6)15)22-21-5-8-10(16)12(18)14(20)13(19)11(8)17/h2-5,22H,1H3/b21-5-. The number of halogens is 6. The zero-order chi connectivity index (χ0) is 16.4. The molecule has 0 saturated heterocycles. The summed E-state index contributed by atoms with van der Waals surface area (Å²) < 4.78 is 65.6. The number of benzene rings is 2. The van der Waals surface area contributed by atoms with Crippen LogP contribution in [0.3, 0.4) is 0 Å². The molecule has 0 aliphatic carbocycles. The first-order chi connectivity index (χ1) is 10.3. The van der Waals surface area contributed by atoms with E-state index < -0.39 is 34.6 Å². The second-order valence-corrected chi connectivity index (χ2v) is 4.72. The van der Waals surface area contributed by atoms with Crippen molar-refractivity contribution in [1.82, 2.24) is 0 Å². The highest BCUT2D eigenvalue weighted by Crippen LogP contribution is 2.22. The van der Waals surface area contributed by atoms with E-state index >= 15 is 0 Å². The third-order valence-corrected chi connectivity index (χ3v) is 3.21. The van der Waals surface area contributed by atoms with Crippen LogP contribution in [0, 0.1) is 36.0 Å². The predicted octanol–water partition coefficient (Wildman–Crippen LogP) is 4.79. The lowest BCUT2D eigenvalue weighted by Gasteiger charge is -2.05. The van der Waals surface area contributed by atoms with Crippen LogP contribution in [0.15, 0.2) is 23.3 Å². The molecule has 2 nitrogen and oxygen atoms in total. The van der Waals surface area contributed by atoms with Gasteiger partial charge in [0.2, 0.25) is 5.82 Å². The van der Waals surface area contributed by atoms with Gasteiger partial charge in [-0.3, -0.25) is 5.43 Å². The lowest BCUT2D eigenvalue weighted by atomic mass is 10.2. The molecule has 0 fully saturated rings. The molecule has 0 bridgehead atoms. The van der Waals surface area contributed by atoms with Gasteiger partial charge in [0.15, 0.2) is 23.3 Å². The number of anilines is 1. The summed E-state index contributed by atoms with van der Waals surface area (Å²) in [4.78, 5) is 0. The summed E-state index contributed by atoms with van der Waals surface area (Å²) in [6.07, 6.45) is 0.504. The highest BCUT2D eigenvalue weighted by molar-refractivity contribution is 6.31. The first-order valence-electron chi connectivity index (χ1n) is 5.89. The van der Waals surface area contributed by atoms with Crippen molar-refractivity contribution in [2.45, 2.75) is 6.92 Å². The van der Waals surface area contributed by atoms with Gasteiger partial charge in [-0.25, -0.2) is 22.0 Å². The number of hydrogen-bond acceptors (Lipinski definition) is 2. The Morgan fingerprint density at radius 2 is 1.50 bits per heavy atom. The van der Waals surface area contributed by atoms with Gasteiger partial charge in [-0.15, -0.1) is 0 Å². The van der Waals surface area contributed by atoms with Gasteiger partial charge in [0.05, 0.1) is 17.5 Å². The number of rotatable bonds is 3. The fourth-order valence-corrected chi connectivity index (χ4v) is 1.75. The third kappa shape index (κ3) is 3.04. The lowest BCUT2D eigenvalue weighted by Crippen LogP contribution is -2.07. The molecule has 2 rings (SSSR count). The quantitative estimate of drug-likeness (QED) is 0.282. The lowest BCUT2D eigenvalue weighted by molar-refractivity contribution is 0.377. The van der Waals surface area contributed by atoms with Crippen LogP contribution in [0.25, 0.3) is 0 Å². The van der Waals surface area contributed by atoms with Crippen molar-refractivity contribution in [2.75, 3.05) is 5.43 Å². The summed E-state index contributed by atoms with van der Waals surface area (Å²) in [6, 6.07) is 4.74. The van der Waals surface area contributed by atoms with Gasteiger partial charge in [0.1, 0.15) is 0 Å². The molecule has 0 amide bonds. The monoisotopic (exact) mass is 334 g/mol. The number of hydrogen-bond donors (Lipinski definition) is 1. The molecule has 0 aliphatic heterocycles. The molecule has 2 aromatic rings. The number of aryl methyl sites for hydroxylation is 1. The fraction of sp³-hybridized carbons (Fsp3) is 0.0714. The smallest absolute Gasteiger partial charge is 0.200 e. The van der Waals surface area contributed by atoms with E-state index in [1.54, 1.807) is 19.1 Å². The second-order valence-electron chi connectivity index (χ2n) is 4.32. The average Bonchev–Trinajstić information content (AvgIpc) is 2.50. The van der Waals surface area contributed by atoms with Gasteiger partial charge in [-0.1, -0.05) is 17.7 Å². The summed E-state index contributed by atoms with van der Waals surface area (Å²) >= 11 is 5.87. The van der Waals surface area contributed by atoms with E-state index in [9.17, 15) is 22.0 Å². The molecule has 0 aromatic heterocycles. The zero-order valence-corrected chi connectivity index (χ0v) is 11.8. The highest BCUT2D eigenvalue weighted by Gasteiger charge is 2.24. The maximum Gasteiger partial charge on any atom is 0.200 e. The van der Waals surface area contributed by atoms with Crippen LogP contribution in [0.5, 0.6) is 0 Å². The maximum atomic E-state index is 13.4. The van der Waals surface area contributed by atoms with Crippen LogP contribution in [-0.4, -0.2) is 6.21 Å².